The second-order valence-corrected chi connectivity index (χ2v) is 3.13. The minimum atomic E-state index is -0.397. The summed E-state index contributed by atoms with van der Waals surface area (Å²) >= 11 is 0. The van der Waals surface area contributed by atoms with Crippen LogP contribution in [0.5, 0.6) is 5.75 Å². The van der Waals surface area contributed by atoms with Crippen molar-refractivity contribution in [3.05, 3.63) is 29.3 Å². The Labute approximate surface area is 94.8 Å². The number of phenols is 1. The van der Waals surface area contributed by atoms with Crippen LogP contribution in [0.1, 0.15) is 23.6 Å². The Morgan fingerprint density at radius 1 is 1.27 bits per heavy atom. The van der Waals surface area contributed by atoms with Gasteiger partial charge in [-0.15, -0.1) is 12.4 Å². The van der Waals surface area contributed by atoms with Gasteiger partial charge in [0.25, 0.3) is 0 Å². The van der Waals surface area contributed by atoms with Crippen LogP contribution in [-0.2, 0) is 6.61 Å². The van der Waals surface area contributed by atoms with Crippen molar-refractivity contribution in [3.63, 3.8) is 0 Å². The molecule has 1 unspecified atom stereocenters. The average Bonchev–Trinajstić information content (AvgIpc) is 2.18. The maximum atomic E-state index is 9.66. The number of rotatable bonds is 4. The zero-order valence-electron chi connectivity index (χ0n) is 8.26. The van der Waals surface area contributed by atoms with E-state index in [-0.39, 0.29) is 31.4 Å². The summed E-state index contributed by atoms with van der Waals surface area (Å²) in [7, 11) is 0. The molecule has 15 heavy (non-hydrogen) atoms. The van der Waals surface area contributed by atoms with Gasteiger partial charge in [-0.25, -0.2) is 0 Å². The van der Waals surface area contributed by atoms with E-state index < -0.39 is 6.04 Å². The van der Waals surface area contributed by atoms with Crippen molar-refractivity contribution in [2.75, 3.05) is 6.61 Å². The van der Waals surface area contributed by atoms with Gasteiger partial charge >= 0.3 is 0 Å². The highest BCUT2D eigenvalue weighted by molar-refractivity contribution is 5.85. The number of nitrogens with two attached hydrogens (primary N) is 1. The molecule has 0 spiro atoms. The van der Waals surface area contributed by atoms with E-state index in [0.29, 0.717) is 17.5 Å². The quantitative estimate of drug-likeness (QED) is 0.616. The minimum Gasteiger partial charge on any atom is -0.507 e. The van der Waals surface area contributed by atoms with Gasteiger partial charge in [0.1, 0.15) is 5.75 Å². The van der Waals surface area contributed by atoms with Gasteiger partial charge in [0, 0.05) is 23.8 Å². The molecule has 0 heterocycles. The van der Waals surface area contributed by atoms with Crippen LogP contribution in [0.25, 0.3) is 0 Å². The molecule has 0 aromatic heterocycles. The summed E-state index contributed by atoms with van der Waals surface area (Å²) in [4.78, 5) is 0. The van der Waals surface area contributed by atoms with Crippen LogP contribution in [0.4, 0.5) is 0 Å². The molecule has 0 saturated heterocycles. The standard InChI is InChI=1S/C10H15NO3.ClH/c11-9(4-5-12)8-3-1-2-7(6-13)10(8)14;/h1-3,9,12-14H,4-6,11H2;1H. The number of hydrogen-bond acceptors (Lipinski definition) is 4. The molecular formula is C10H16ClNO3. The normalized spacial score (nSPS) is 11.9. The molecule has 4 nitrogen and oxygen atoms in total. The fraction of sp³-hybridized carbons (Fsp3) is 0.400. The van der Waals surface area contributed by atoms with Crippen molar-refractivity contribution >= 4 is 12.4 Å². The van der Waals surface area contributed by atoms with Crippen molar-refractivity contribution in [1.29, 1.82) is 0 Å². The van der Waals surface area contributed by atoms with Crippen molar-refractivity contribution in [1.82, 2.24) is 0 Å². The fourth-order valence-corrected chi connectivity index (χ4v) is 1.33. The van der Waals surface area contributed by atoms with Crippen molar-refractivity contribution in [2.45, 2.75) is 19.1 Å². The van der Waals surface area contributed by atoms with Crippen molar-refractivity contribution in [2.24, 2.45) is 5.73 Å². The Bertz CT molecular complexity index is 307. The second kappa shape index (κ2) is 6.63. The summed E-state index contributed by atoms with van der Waals surface area (Å²) in [5.74, 6) is 0.0240. The van der Waals surface area contributed by atoms with Crippen LogP contribution in [0.15, 0.2) is 18.2 Å². The van der Waals surface area contributed by atoms with Crippen LogP contribution < -0.4 is 5.73 Å². The Hall–Kier alpha value is -0.810. The molecule has 0 fully saturated rings. The molecule has 0 aliphatic rings. The summed E-state index contributed by atoms with van der Waals surface area (Å²) in [6, 6.07) is 4.64. The minimum absolute atomic E-state index is 0. The summed E-state index contributed by atoms with van der Waals surface area (Å²) < 4.78 is 0. The zero-order valence-corrected chi connectivity index (χ0v) is 9.07. The van der Waals surface area contributed by atoms with Crippen LogP contribution in [0.2, 0.25) is 0 Å². The molecule has 1 aromatic carbocycles. The second-order valence-electron chi connectivity index (χ2n) is 3.13. The number of hydrogen-bond donors (Lipinski definition) is 4. The summed E-state index contributed by atoms with van der Waals surface area (Å²) in [6.07, 6.45) is 0.391. The molecule has 0 aliphatic heterocycles. The summed E-state index contributed by atoms with van der Waals surface area (Å²) in [5.41, 5.74) is 6.74. The van der Waals surface area contributed by atoms with E-state index in [1.165, 1.54) is 0 Å². The molecule has 0 amide bonds. The van der Waals surface area contributed by atoms with Crippen LogP contribution in [-0.4, -0.2) is 21.9 Å². The number of benzene rings is 1. The Balaban J connectivity index is 0.00000196. The molecule has 1 atom stereocenters. The third-order valence-corrected chi connectivity index (χ3v) is 2.16. The SMILES string of the molecule is Cl.NC(CCO)c1cccc(CO)c1O. The Kier molecular flexibility index (Phi) is 6.27. The van der Waals surface area contributed by atoms with Gasteiger partial charge in [0.15, 0.2) is 0 Å². The highest BCUT2D eigenvalue weighted by Gasteiger charge is 2.12. The summed E-state index contributed by atoms with van der Waals surface area (Å²) in [5, 5.41) is 27.3. The molecule has 0 aliphatic carbocycles. The highest BCUT2D eigenvalue weighted by Crippen LogP contribution is 2.28. The molecule has 0 radical (unpaired) electrons. The Morgan fingerprint density at radius 3 is 2.47 bits per heavy atom. The molecule has 0 bridgehead atoms. The lowest BCUT2D eigenvalue weighted by Gasteiger charge is -2.13. The smallest absolute Gasteiger partial charge is 0.125 e. The van der Waals surface area contributed by atoms with Crippen LogP contribution in [0, 0.1) is 0 Å². The van der Waals surface area contributed by atoms with E-state index in [0.717, 1.165) is 0 Å². The average molecular weight is 234 g/mol. The number of aliphatic hydroxyl groups is 2. The molecule has 5 N–H and O–H groups in total. The third-order valence-electron chi connectivity index (χ3n) is 2.16. The van der Waals surface area contributed by atoms with Crippen molar-refractivity contribution in [3.8, 4) is 5.75 Å². The maximum Gasteiger partial charge on any atom is 0.125 e. The number of aromatic hydroxyl groups is 1. The topological polar surface area (TPSA) is 86.7 Å². The first-order valence-electron chi connectivity index (χ1n) is 4.48. The number of halogens is 1. The molecule has 0 saturated carbocycles. The predicted molar refractivity (Wildman–Crippen MR) is 59.9 cm³/mol. The molecule has 86 valence electrons. The largest absolute Gasteiger partial charge is 0.507 e. The zero-order chi connectivity index (χ0) is 10.6. The first-order chi connectivity index (χ1) is 6.70. The van der Waals surface area contributed by atoms with Gasteiger partial charge in [-0.05, 0) is 6.42 Å². The molecule has 5 heteroatoms. The van der Waals surface area contributed by atoms with E-state index in [1.807, 2.05) is 0 Å². The van der Waals surface area contributed by atoms with Crippen LogP contribution in [0.3, 0.4) is 0 Å². The predicted octanol–water partition coefficient (Wildman–Crippen LogP) is 0.688. The highest BCUT2D eigenvalue weighted by atomic mass is 35.5. The van der Waals surface area contributed by atoms with Gasteiger partial charge in [-0.2, -0.15) is 0 Å². The third kappa shape index (κ3) is 3.35. The van der Waals surface area contributed by atoms with Gasteiger partial charge in [-0.3, -0.25) is 0 Å². The van der Waals surface area contributed by atoms with Gasteiger partial charge in [0.2, 0.25) is 0 Å². The van der Waals surface area contributed by atoms with Gasteiger partial charge in [0.05, 0.1) is 6.61 Å². The lowest BCUT2D eigenvalue weighted by atomic mass is 10.0. The van der Waals surface area contributed by atoms with Crippen molar-refractivity contribution < 1.29 is 15.3 Å². The monoisotopic (exact) mass is 233 g/mol. The lowest BCUT2D eigenvalue weighted by molar-refractivity contribution is 0.270. The van der Waals surface area contributed by atoms with E-state index in [4.69, 9.17) is 15.9 Å². The molecular weight excluding hydrogens is 218 g/mol. The Morgan fingerprint density at radius 2 is 1.93 bits per heavy atom. The summed E-state index contributed by atoms with van der Waals surface area (Å²) in [6.45, 7) is -0.241. The maximum absolute atomic E-state index is 9.66. The lowest BCUT2D eigenvalue weighted by Crippen LogP contribution is -2.12. The fourth-order valence-electron chi connectivity index (χ4n) is 1.33. The van der Waals surface area contributed by atoms with Gasteiger partial charge < -0.3 is 21.1 Å². The van der Waals surface area contributed by atoms with E-state index in [1.54, 1.807) is 18.2 Å². The van der Waals surface area contributed by atoms with Crippen LogP contribution >= 0.6 is 12.4 Å². The molecule has 1 rings (SSSR count). The number of para-hydroxylation sites is 1. The van der Waals surface area contributed by atoms with E-state index in [9.17, 15) is 5.11 Å². The first kappa shape index (κ1) is 14.2. The number of aliphatic hydroxyl groups excluding tert-OH is 2. The first-order valence-corrected chi connectivity index (χ1v) is 4.48. The molecule has 1 aromatic rings. The van der Waals surface area contributed by atoms with E-state index >= 15 is 0 Å². The van der Waals surface area contributed by atoms with Gasteiger partial charge in [-0.1, -0.05) is 18.2 Å². The van der Waals surface area contributed by atoms with E-state index in [2.05, 4.69) is 0 Å².